The molecule has 0 atom stereocenters. The van der Waals surface area contributed by atoms with Gasteiger partial charge in [-0.25, -0.2) is 0 Å². The number of rotatable bonds is 6. The van der Waals surface area contributed by atoms with Gasteiger partial charge in [0.2, 0.25) is 0 Å². The van der Waals surface area contributed by atoms with E-state index in [2.05, 4.69) is 217 Å². The maximum Gasteiger partial charge on any atom is 0.136 e. The molecule has 2 nitrogen and oxygen atoms in total. The number of furan rings is 1. The lowest BCUT2D eigenvalue weighted by atomic mass is 9.92. The Morgan fingerprint density at radius 3 is 1.57 bits per heavy atom. The predicted octanol–water partition coefficient (Wildman–Crippen LogP) is 15.5. The maximum atomic E-state index is 6.47. The molecule has 2 heteroatoms. The molecule has 0 spiro atoms. The van der Waals surface area contributed by atoms with Gasteiger partial charge in [0.05, 0.1) is 5.69 Å². The molecule has 262 valence electrons. The molecule has 56 heavy (non-hydrogen) atoms. The molecular formula is C54H35NO. The van der Waals surface area contributed by atoms with Crippen LogP contribution in [-0.2, 0) is 0 Å². The van der Waals surface area contributed by atoms with Gasteiger partial charge < -0.3 is 9.32 Å². The number of para-hydroxylation sites is 1. The molecule has 0 aliphatic rings. The standard InChI is InChI=1S/C54H35NO/c1-2-12-36(13-3-1)37-22-24-38(25-23-37)39-26-28-43(29-27-39)55(44-30-31-53-51(35-44)50-32-40-14-4-5-15-41(40)34-54(50)56-53)52-21-11-10-20-48(52)49-33-42-16-6-7-17-45(42)46-18-8-9-19-47(46)49/h1-35H. The first kappa shape index (κ1) is 32.0. The smallest absolute Gasteiger partial charge is 0.136 e. The minimum Gasteiger partial charge on any atom is -0.456 e. The number of fused-ring (bicyclic) bond motifs is 7. The Kier molecular flexibility index (Phi) is 7.53. The molecule has 1 aromatic heterocycles. The minimum atomic E-state index is 0.877. The van der Waals surface area contributed by atoms with E-state index < -0.39 is 0 Å². The van der Waals surface area contributed by atoms with E-state index in [9.17, 15) is 0 Å². The van der Waals surface area contributed by atoms with Crippen LogP contribution in [-0.4, -0.2) is 0 Å². The van der Waals surface area contributed by atoms with Gasteiger partial charge in [-0.3, -0.25) is 0 Å². The fourth-order valence-corrected chi connectivity index (χ4v) is 8.48. The molecule has 0 N–H and O–H groups in total. The van der Waals surface area contributed by atoms with Crippen molar-refractivity contribution in [3.63, 3.8) is 0 Å². The van der Waals surface area contributed by atoms with Crippen LogP contribution in [0.1, 0.15) is 0 Å². The molecule has 0 fully saturated rings. The SMILES string of the molecule is c1ccc(-c2ccc(-c3ccc(N(c4ccc5oc6cc7ccccc7cc6c5c4)c4ccccc4-c4cc5ccccc5c5ccccc45)cc3)cc2)cc1. The van der Waals surface area contributed by atoms with Crippen molar-refractivity contribution in [3.8, 4) is 33.4 Å². The van der Waals surface area contributed by atoms with Crippen LogP contribution in [0.15, 0.2) is 217 Å². The zero-order valence-corrected chi connectivity index (χ0v) is 30.6. The topological polar surface area (TPSA) is 16.4 Å². The van der Waals surface area contributed by atoms with Crippen molar-refractivity contribution in [2.24, 2.45) is 0 Å². The summed E-state index contributed by atoms with van der Waals surface area (Å²) >= 11 is 0. The first-order valence-electron chi connectivity index (χ1n) is 19.2. The van der Waals surface area contributed by atoms with Gasteiger partial charge in [0.15, 0.2) is 0 Å². The second-order valence-electron chi connectivity index (χ2n) is 14.5. The van der Waals surface area contributed by atoms with Crippen molar-refractivity contribution in [1.29, 1.82) is 0 Å². The zero-order chi connectivity index (χ0) is 37.0. The lowest BCUT2D eigenvalue weighted by Crippen LogP contribution is -2.11. The average molecular weight is 714 g/mol. The Morgan fingerprint density at radius 2 is 0.821 bits per heavy atom. The highest BCUT2D eigenvalue weighted by molar-refractivity contribution is 6.15. The van der Waals surface area contributed by atoms with Crippen LogP contribution in [0.4, 0.5) is 17.1 Å². The van der Waals surface area contributed by atoms with Crippen molar-refractivity contribution >= 4 is 71.3 Å². The lowest BCUT2D eigenvalue weighted by molar-refractivity contribution is 0.669. The molecule has 0 radical (unpaired) electrons. The molecule has 11 aromatic rings. The first-order chi connectivity index (χ1) is 27.7. The lowest BCUT2D eigenvalue weighted by Gasteiger charge is -2.28. The largest absolute Gasteiger partial charge is 0.456 e. The van der Waals surface area contributed by atoms with Gasteiger partial charge in [-0.1, -0.05) is 158 Å². The van der Waals surface area contributed by atoms with E-state index in [1.54, 1.807) is 0 Å². The third kappa shape index (κ3) is 5.42. The van der Waals surface area contributed by atoms with Crippen LogP contribution in [0.2, 0.25) is 0 Å². The molecule has 0 aliphatic heterocycles. The zero-order valence-electron chi connectivity index (χ0n) is 30.6. The van der Waals surface area contributed by atoms with E-state index in [-0.39, 0.29) is 0 Å². The predicted molar refractivity (Wildman–Crippen MR) is 237 cm³/mol. The van der Waals surface area contributed by atoms with E-state index >= 15 is 0 Å². The van der Waals surface area contributed by atoms with Crippen LogP contribution in [0.3, 0.4) is 0 Å². The number of benzene rings is 10. The van der Waals surface area contributed by atoms with E-state index in [0.29, 0.717) is 0 Å². The second-order valence-corrected chi connectivity index (χ2v) is 14.5. The van der Waals surface area contributed by atoms with E-state index in [0.717, 1.165) is 44.6 Å². The van der Waals surface area contributed by atoms with Gasteiger partial charge in [0.1, 0.15) is 11.2 Å². The summed E-state index contributed by atoms with van der Waals surface area (Å²) in [5.74, 6) is 0. The summed E-state index contributed by atoms with van der Waals surface area (Å²) in [5, 5.41) is 9.56. The second kappa shape index (κ2) is 13.2. The summed E-state index contributed by atoms with van der Waals surface area (Å²) < 4.78 is 6.47. The van der Waals surface area contributed by atoms with Gasteiger partial charge in [-0.15, -0.1) is 0 Å². The Hall–Kier alpha value is -7.42. The van der Waals surface area contributed by atoms with Crippen LogP contribution in [0, 0.1) is 0 Å². The third-order valence-electron chi connectivity index (χ3n) is 11.2. The summed E-state index contributed by atoms with van der Waals surface area (Å²) in [6, 6.07) is 76.6. The molecule has 11 rings (SSSR count). The monoisotopic (exact) mass is 713 g/mol. The fourth-order valence-electron chi connectivity index (χ4n) is 8.48. The van der Waals surface area contributed by atoms with Gasteiger partial charge >= 0.3 is 0 Å². The maximum absolute atomic E-state index is 6.47. The van der Waals surface area contributed by atoms with Gasteiger partial charge in [-0.2, -0.15) is 0 Å². The van der Waals surface area contributed by atoms with Crippen molar-refractivity contribution in [1.82, 2.24) is 0 Å². The number of hydrogen-bond donors (Lipinski definition) is 0. The fraction of sp³-hybridized carbons (Fsp3) is 0. The number of nitrogens with zero attached hydrogens (tertiary/aromatic N) is 1. The third-order valence-corrected chi connectivity index (χ3v) is 11.2. The molecule has 0 unspecified atom stereocenters. The molecular weight excluding hydrogens is 679 g/mol. The normalized spacial score (nSPS) is 11.6. The van der Waals surface area contributed by atoms with Crippen molar-refractivity contribution in [3.05, 3.63) is 212 Å². The van der Waals surface area contributed by atoms with Gasteiger partial charge in [0, 0.05) is 27.7 Å². The van der Waals surface area contributed by atoms with Crippen LogP contribution in [0.25, 0.3) is 87.6 Å². The number of hydrogen-bond acceptors (Lipinski definition) is 2. The van der Waals surface area contributed by atoms with E-state index in [4.69, 9.17) is 4.42 Å². The minimum absolute atomic E-state index is 0.877. The summed E-state index contributed by atoms with van der Waals surface area (Å²) in [6.45, 7) is 0. The molecule has 10 aromatic carbocycles. The highest BCUT2D eigenvalue weighted by Crippen LogP contribution is 2.46. The Balaban J connectivity index is 1.10. The van der Waals surface area contributed by atoms with Crippen LogP contribution >= 0.6 is 0 Å². The van der Waals surface area contributed by atoms with Crippen molar-refractivity contribution < 1.29 is 4.42 Å². The molecule has 0 aliphatic carbocycles. The summed E-state index contributed by atoms with van der Waals surface area (Å²) in [6.07, 6.45) is 0. The molecule has 0 saturated carbocycles. The highest BCUT2D eigenvalue weighted by atomic mass is 16.3. The van der Waals surface area contributed by atoms with Crippen molar-refractivity contribution in [2.45, 2.75) is 0 Å². The van der Waals surface area contributed by atoms with Gasteiger partial charge in [-0.05, 0) is 115 Å². The van der Waals surface area contributed by atoms with E-state index in [1.807, 2.05) is 0 Å². The quantitative estimate of drug-likeness (QED) is 0.160. The summed E-state index contributed by atoms with van der Waals surface area (Å²) in [5.41, 5.74) is 12.2. The molecule has 0 saturated heterocycles. The summed E-state index contributed by atoms with van der Waals surface area (Å²) in [7, 11) is 0. The Labute approximate surface area is 325 Å². The molecule has 1 heterocycles. The Bertz CT molecular complexity index is 3230. The average Bonchev–Trinajstić information content (AvgIpc) is 3.63. The van der Waals surface area contributed by atoms with Crippen LogP contribution < -0.4 is 4.90 Å². The van der Waals surface area contributed by atoms with E-state index in [1.165, 1.54) is 60.1 Å². The van der Waals surface area contributed by atoms with Gasteiger partial charge in [0.25, 0.3) is 0 Å². The van der Waals surface area contributed by atoms with Crippen molar-refractivity contribution in [2.75, 3.05) is 4.90 Å². The molecule has 0 amide bonds. The molecule has 0 bridgehead atoms. The number of anilines is 3. The first-order valence-corrected chi connectivity index (χ1v) is 19.2. The Morgan fingerprint density at radius 1 is 0.286 bits per heavy atom. The highest BCUT2D eigenvalue weighted by Gasteiger charge is 2.21. The summed E-state index contributed by atoms with van der Waals surface area (Å²) in [4.78, 5) is 2.40. The van der Waals surface area contributed by atoms with Crippen LogP contribution in [0.5, 0.6) is 0 Å².